The van der Waals surface area contributed by atoms with E-state index in [1.54, 1.807) is 20.8 Å². The van der Waals surface area contributed by atoms with E-state index in [0.29, 0.717) is 19.4 Å². The van der Waals surface area contributed by atoms with Crippen LogP contribution in [0.15, 0.2) is 24.3 Å². The van der Waals surface area contributed by atoms with Gasteiger partial charge >= 0.3 is 12.1 Å². The lowest BCUT2D eigenvalue weighted by Crippen LogP contribution is -2.44. The van der Waals surface area contributed by atoms with Crippen LogP contribution in [0.1, 0.15) is 44.0 Å². The molecule has 1 unspecified atom stereocenters. The van der Waals surface area contributed by atoms with Crippen molar-refractivity contribution < 1.29 is 28.2 Å². The number of likely N-dealkylation sites (tertiary alicyclic amines) is 1. The minimum Gasteiger partial charge on any atom is -0.456 e. The summed E-state index contributed by atoms with van der Waals surface area (Å²) in [6, 6.07) is 4.23. The Morgan fingerprint density at radius 2 is 1.84 bits per heavy atom. The van der Waals surface area contributed by atoms with Crippen LogP contribution < -0.4 is 0 Å². The van der Waals surface area contributed by atoms with Crippen LogP contribution in [0.3, 0.4) is 0 Å². The predicted molar refractivity (Wildman–Crippen MR) is 87.7 cm³/mol. The van der Waals surface area contributed by atoms with Crippen molar-refractivity contribution in [3.63, 3.8) is 0 Å². The third kappa shape index (κ3) is 5.27. The van der Waals surface area contributed by atoms with E-state index in [9.17, 15) is 18.8 Å². The normalized spacial score (nSPS) is 17.3. The van der Waals surface area contributed by atoms with Gasteiger partial charge in [0.1, 0.15) is 17.5 Å². The van der Waals surface area contributed by atoms with Crippen molar-refractivity contribution in [3.05, 3.63) is 35.6 Å². The molecule has 7 heteroatoms. The second-order valence-corrected chi connectivity index (χ2v) is 6.87. The van der Waals surface area contributed by atoms with Gasteiger partial charge in [-0.3, -0.25) is 9.69 Å². The predicted octanol–water partition coefficient (Wildman–Crippen LogP) is 2.95. The number of rotatable bonds is 4. The fourth-order valence-corrected chi connectivity index (χ4v) is 2.50. The first kappa shape index (κ1) is 18.9. The van der Waals surface area contributed by atoms with E-state index >= 15 is 0 Å². The number of Topliss-reactive ketones (excluding diaryl/α,β-unsaturated/α-hetero) is 1. The summed E-state index contributed by atoms with van der Waals surface area (Å²) in [5, 5.41) is 0. The molecule has 1 atom stereocenters. The van der Waals surface area contributed by atoms with Crippen molar-refractivity contribution in [2.45, 2.75) is 45.3 Å². The molecule has 1 saturated heterocycles. The molecule has 0 radical (unpaired) electrons. The highest BCUT2D eigenvalue weighted by Gasteiger charge is 2.37. The Labute approximate surface area is 145 Å². The molecule has 136 valence electrons. The zero-order valence-electron chi connectivity index (χ0n) is 14.6. The number of ketones is 1. The number of carbonyl (C=O) groups excluding carboxylic acids is 3. The Balaban J connectivity index is 1.92. The molecule has 0 saturated carbocycles. The fraction of sp³-hybridized carbons (Fsp3) is 0.500. The maximum absolute atomic E-state index is 12.9. The van der Waals surface area contributed by atoms with Gasteiger partial charge in [0.25, 0.3) is 0 Å². The summed E-state index contributed by atoms with van der Waals surface area (Å²) in [6.45, 7) is 5.19. The Morgan fingerprint density at radius 3 is 2.44 bits per heavy atom. The molecular weight excluding hydrogens is 329 g/mol. The number of carbonyl (C=O) groups is 3. The largest absolute Gasteiger partial charge is 0.456 e. The SMILES string of the molecule is CC(C)(C)OC(=O)N1CCCC1C(=O)OCC(=O)c1ccc(F)cc1. The molecule has 0 N–H and O–H groups in total. The molecule has 0 spiro atoms. The van der Waals surface area contributed by atoms with Crippen LogP contribution in [-0.4, -0.2) is 47.5 Å². The first-order valence-electron chi connectivity index (χ1n) is 8.12. The van der Waals surface area contributed by atoms with Crippen molar-refractivity contribution in [1.29, 1.82) is 0 Å². The van der Waals surface area contributed by atoms with Crippen LogP contribution >= 0.6 is 0 Å². The lowest BCUT2D eigenvalue weighted by atomic mass is 10.1. The van der Waals surface area contributed by atoms with E-state index in [1.165, 1.54) is 17.0 Å². The van der Waals surface area contributed by atoms with Gasteiger partial charge in [0, 0.05) is 12.1 Å². The summed E-state index contributed by atoms with van der Waals surface area (Å²) >= 11 is 0. The van der Waals surface area contributed by atoms with Gasteiger partial charge in [-0.05, 0) is 57.9 Å². The number of benzene rings is 1. The zero-order chi connectivity index (χ0) is 18.6. The van der Waals surface area contributed by atoms with Gasteiger partial charge in [0.05, 0.1) is 0 Å². The maximum atomic E-state index is 12.9. The van der Waals surface area contributed by atoms with Gasteiger partial charge in [-0.25, -0.2) is 14.0 Å². The Bertz CT molecular complexity index is 650. The third-order valence-electron chi connectivity index (χ3n) is 3.66. The van der Waals surface area contributed by atoms with Gasteiger partial charge in [-0.1, -0.05) is 0 Å². The van der Waals surface area contributed by atoms with Crippen molar-refractivity contribution in [2.75, 3.05) is 13.2 Å². The summed E-state index contributed by atoms with van der Waals surface area (Å²) in [5.41, 5.74) is -0.406. The molecule has 2 rings (SSSR count). The van der Waals surface area contributed by atoms with Crippen LogP contribution in [-0.2, 0) is 14.3 Å². The van der Waals surface area contributed by atoms with Gasteiger partial charge in [-0.2, -0.15) is 0 Å². The smallest absolute Gasteiger partial charge is 0.411 e. The number of nitrogens with zero attached hydrogens (tertiary/aromatic N) is 1. The summed E-state index contributed by atoms with van der Waals surface area (Å²) in [7, 11) is 0. The van der Waals surface area contributed by atoms with E-state index < -0.39 is 41.9 Å². The number of halogens is 1. The molecule has 6 nitrogen and oxygen atoms in total. The lowest BCUT2D eigenvalue weighted by molar-refractivity contribution is -0.147. The van der Waals surface area contributed by atoms with Crippen LogP contribution in [0.25, 0.3) is 0 Å². The average molecular weight is 351 g/mol. The molecule has 0 aromatic heterocycles. The topological polar surface area (TPSA) is 72.9 Å². The molecule has 1 fully saturated rings. The third-order valence-corrected chi connectivity index (χ3v) is 3.66. The van der Waals surface area contributed by atoms with Crippen molar-refractivity contribution in [1.82, 2.24) is 4.90 Å². The van der Waals surface area contributed by atoms with E-state index in [0.717, 1.165) is 12.1 Å². The second kappa shape index (κ2) is 7.63. The zero-order valence-corrected chi connectivity index (χ0v) is 14.6. The summed E-state index contributed by atoms with van der Waals surface area (Å²) in [5.74, 6) is -1.53. The van der Waals surface area contributed by atoms with Crippen LogP contribution in [0.2, 0.25) is 0 Å². The van der Waals surface area contributed by atoms with Crippen molar-refractivity contribution in [2.24, 2.45) is 0 Å². The fourth-order valence-electron chi connectivity index (χ4n) is 2.50. The highest BCUT2D eigenvalue weighted by atomic mass is 19.1. The van der Waals surface area contributed by atoms with Crippen molar-refractivity contribution in [3.8, 4) is 0 Å². The van der Waals surface area contributed by atoms with Gasteiger partial charge in [0.2, 0.25) is 0 Å². The Morgan fingerprint density at radius 1 is 1.20 bits per heavy atom. The molecule has 1 heterocycles. The molecule has 1 aromatic rings. The molecule has 1 aliphatic heterocycles. The first-order chi connectivity index (χ1) is 11.7. The number of hydrogen-bond donors (Lipinski definition) is 0. The molecule has 1 aromatic carbocycles. The summed E-state index contributed by atoms with van der Waals surface area (Å²) in [6.07, 6.45) is 0.546. The number of hydrogen-bond acceptors (Lipinski definition) is 5. The Hall–Kier alpha value is -2.44. The monoisotopic (exact) mass is 351 g/mol. The molecule has 1 aliphatic rings. The highest BCUT2D eigenvalue weighted by Crippen LogP contribution is 2.22. The maximum Gasteiger partial charge on any atom is 0.411 e. The lowest BCUT2D eigenvalue weighted by Gasteiger charge is -2.27. The van der Waals surface area contributed by atoms with E-state index in [4.69, 9.17) is 9.47 Å². The van der Waals surface area contributed by atoms with Crippen LogP contribution in [0.4, 0.5) is 9.18 Å². The minimum absolute atomic E-state index is 0.254. The van der Waals surface area contributed by atoms with Gasteiger partial charge in [-0.15, -0.1) is 0 Å². The number of amides is 1. The van der Waals surface area contributed by atoms with Crippen molar-refractivity contribution >= 4 is 17.8 Å². The molecule has 0 aliphatic carbocycles. The van der Waals surface area contributed by atoms with E-state index in [1.807, 2.05) is 0 Å². The highest BCUT2D eigenvalue weighted by molar-refractivity contribution is 5.98. The van der Waals surface area contributed by atoms with E-state index in [2.05, 4.69) is 0 Å². The molecule has 25 heavy (non-hydrogen) atoms. The van der Waals surface area contributed by atoms with Crippen LogP contribution in [0, 0.1) is 5.82 Å². The number of ether oxygens (including phenoxy) is 2. The minimum atomic E-state index is -0.754. The average Bonchev–Trinajstić information content (AvgIpc) is 3.01. The molecular formula is C18H22FNO5. The first-order valence-corrected chi connectivity index (χ1v) is 8.12. The summed E-state index contributed by atoms with van der Waals surface area (Å²) in [4.78, 5) is 37.7. The van der Waals surface area contributed by atoms with Gasteiger partial charge in [0.15, 0.2) is 12.4 Å². The molecule has 0 bridgehead atoms. The van der Waals surface area contributed by atoms with Crippen LogP contribution in [0.5, 0.6) is 0 Å². The molecule has 1 amide bonds. The second-order valence-electron chi connectivity index (χ2n) is 6.87. The summed E-state index contributed by atoms with van der Waals surface area (Å²) < 4.78 is 23.2. The van der Waals surface area contributed by atoms with E-state index in [-0.39, 0.29) is 5.56 Å². The Kier molecular flexibility index (Phi) is 5.77. The standard InChI is InChI=1S/C18H22FNO5/c1-18(2,3)25-17(23)20-10-4-5-14(20)16(22)24-11-15(21)12-6-8-13(19)9-7-12/h6-9,14H,4-5,10-11H2,1-3H3. The number of esters is 1. The van der Waals surface area contributed by atoms with Gasteiger partial charge < -0.3 is 9.47 Å². The quantitative estimate of drug-likeness (QED) is 0.616.